The average molecular weight is 444 g/mol. The van der Waals surface area contributed by atoms with Gasteiger partial charge in [0.15, 0.2) is 0 Å². The number of carbonyl (C=O) groups excluding carboxylic acids is 1. The van der Waals surface area contributed by atoms with Crippen molar-refractivity contribution in [3.8, 4) is 11.5 Å². The molecule has 2 heterocycles. The number of hydrogen-bond donors (Lipinski definition) is 0. The number of nitrogens with zero attached hydrogens (tertiary/aromatic N) is 4. The van der Waals surface area contributed by atoms with E-state index in [0.717, 1.165) is 30.9 Å². The third kappa shape index (κ3) is 4.76. The standard InChI is InChI=1S/C23H23F3N4O2/c1-15-6-5-7-18(12-15)30(23(31)29-10-3-2-4-11-29)14-17-9-8-16(13-19(17)24)21-27-28-22(32-21)20(25)26/h5-9,12-13,20H,2-4,10-11,14H2,1H3. The third-order valence-electron chi connectivity index (χ3n) is 5.43. The van der Waals surface area contributed by atoms with Crippen molar-refractivity contribution in [2.75, 3.05) is 18.0 Å². The molecule has 9 heteroatoms. The molecule has 1 aliphatic rings. The van der Waals surface area contributed by atoms with Crippen molar-refractivity contribution >= 4 is 11.7 Å². The van der Waals surface area contributed by atoms with E-state index < -0.39 is 18.1 Å². The number of anilines is 1. The number of amides is 2. The lowest BCUT2D eigenvalue weighted by Gasteiger charge is -2.33. The van der Waals surface area contributed by atoms with Gasteiger partial charge in [-0.25, -0.2) is 9.18 Å². The van der Waals surface area contributed by atoms with Crippen LogP contribution in [0.15, 0.2) is 46.9 Å². The molecule has 2 aromatic carbocycles. The second kappa shape index (κ2) is 9.42. The van der Waals surface area contributed by atoms with E-state index >= 15 is 0 Å². The lowest BCUT2D eigenvalue weighted by atomic mass is 10.1. The van der Waals surface area contributed by atoms with Crippen LogP contribution in [0.25, 0.3) is 11.5 Å². The van der Waals surface area contributed by atoms with Crippen LogP contribution in [0.1, 0.15) is 42.7 Å². The van der Waals surface area contributed by atoms with Gasteiger partial charge in [-0.3, -0.25) is 4.90 Å². The summed E-state index contributed by atoms with van der Waals surface area (Å²) >= 11 is 0. The van der Waals surface area contributed by atoms with Crippen LogP contribution < -0.4 is 4.90 Å². The Morgan fingerprint density at radius 3 is 2.56 bits per heavy atom. The number of piperidine rings is 1. The molecule has 168 valence electrons. The molecular weight excluding hydrogens is 421 g/mol. The van der Waals surface area contributed by atoms with Gasteiger partial charge in [-0.2, -0.15) is 8.78 Å². The largest absolute Gasteiger partial charge is 0.415 e. The Morgan fingerprint density at radius 2 is 1.91 bits per heavy atom. The van der Waals surface area contributed by atoms with Gasteiger partial charge in [0.25, 0.3) is 5.89 Å². The minimum Gasteiger partial charge on any atom is -0.415 e. The molecule has 0 aliphatic carbocycles. The van der Waals surface area contributed by atoms with Crippen LogP contribution in [0.5, 0.6) is 0 Å². The van der Waals surface area contributed by atoms with Crippen molar-refractivity contribution in [3.63, 3.8) is 0 Å². The number of rotatable bonds is 5. The van der Waals surface area contributed by atoms with E-state index in [9.17, 15) is 18.0 Å². The summed E-state index contributed by atoms with van der Waals surface area (Å²) in [5, 5.41) is 6.82. The molecule has 1 aliphatic heterocycles. The zero-order valence-corrected chi connectivity index (χ0v) is 17.6. The van der Waals surface area contributed by atoms with Gasteiger partial charge in [-0.1, -0.05) is 18.2 Å². The number of carbonyl (C=O) groups is 1. The first-order chi connectivity index (χ1) is 15.4. The van der Waals surface area contributed by atoms with Crippen molar-refractivity contribution in [1.82, 2.24) is 15.1 Å². The molecule has 1 aromatic heterocycles. The van der Waals surface area contributed by atoms with Crippen molar-refractivity contribution in [2.45, 2.75) is 39.2 Å². The number of hydrogen-bond acceptors (Lipinski definition) is 4. The van der Waals surface area contributed by atoms with Gasteiger partial charge in [-0.05, 0) is 56.0 Å². The molecule has 3 aromatic rings. The fourth-order valence-corrected chi connectivity index (χ4v) is 3.74. The molecule has 0 spiro atoms. The molecule has 0 saturated carbocycles. The number of halogens is 3. The number of likely N-dealkylation sites (tertiary alicyclic amines) is 1. The van der Waals surface area contributed by atoms with E-state index in [1.165, 1.54) is 12.1 Å². The zero-order chi connectivity index (χ0) is 22.7. The van der Waals surface area contributed by atoms with Crippen LogP contribution in [0.4, 0.5) is 23.7 Å². The summed E-state index contributed by atoms with van der Waals surface area (Å²) in [7, 11) is 0. The minimum atomic E-state index is -2.90. The maximum atomic E-state index is 15.0. The third-order valence-corrected chi connectivity index (χ3v) is 5.43. The molecule has 1 saturated heterocycles. The monoisotopic (exact) mass is 444 g/mol. The average Bonchev–Trinajstić information content (AvgIpc) is 3.29. The van der Waals surface area contributed by atoms with Gasteiger partial charge in [0.2, 0.25) is 5.89 Å². The first kappa shape index (κ1) is 21.9. The molecule has 0 bridgehead atoms. The van der Waals surface area contributed by atoms with Gasteiger partial charge in [-0.15, -0.1) is 10.2 Å². The smallest absolute Gasteiger partial charge is 0.324 e. The van der Waals surface area contributed by atoms with Crippen LogP contribution in [0.2, 0.25) is 0 Å². The van der Waals surface area contributed by atoms with E-state index in [1.54, 1.807) is 9.80 Å². The summed E-state index contributed by atoms with van der Waals surface area (Å²) in [5.74, 6) is -1.60. The normalized spacial score (nSPS) is 14.1. The molecule has 4 rings (SSSR count). The van der Waals surface area contributed by atoms with Crippen LogP contribution in [-0.2, 0) is 6.54 Å². The minimum absolute atomic E-state index is 0.0248. The molecule has 1 fully saturated rings. The summed E-state index contributed by atoms with van der Waals surface area (Å²) < 4.78 is 45.2. The molecule has 0 unspecified atom stereocenters. The van der Waals surface area contributed by atoms with Gasteiger partial charge >= 0.3 is 12.5 Å². The molecule has 0 N–H and O–H groups in total. The highest BCUT2D eigenvalue weighted by atomic mass is 19.3. The summed E-state index contributed by atoms with van der Waals surface area (Å²) in [6.07, 6.45) is 0.0829. The lowest BCUT2D eigenvalue weighted by Crippen LogP contribution is -2.45. The van der Waals surface area contributed by atoms with Crippen molar-refractivity contribution in [2.24, 2.45) is 0 Å². The quantitative estimate of drug-likeness (QED) is 0.504. The Kier molecular flexibility index (Phi) is 6.43. The Hall–Kier alpha value is -3.36. The summed E-state index contributed by atoms with van der Waals surface area (Å²) in [6.45, 7) is 3.30. The Balaban J connectivity index is 1.61. The Labute approximate surface area is 183 Å². The molecular formula is C23H23F3N4O2. The maximum Gasteiger partial charge on any atom is 0.324 e. The number of aryl methyl sites for hydroxylation is 1. The topological polar surface area (TPSA) is 62.5 Å². The number of alkyl halides is 2. The second-order valence-electron chi connectivity index (χ2n) is 7.81. The number of urea groups is 1. The van der Waals surface area contributed by atoms with Gasteiger partial charge in [0.1, 0.15) is 5.82 Å². The van der Waals surface area contributed by atoms with Crippen molar-refractivity contribution in [1.29, 1.82) is 0 Å². The van der Waals surface area contributed by atoms with E-state index in [1.807, 2.05) is 31.2 Å². The summed E-state index contributed by atoms with van der Waals surface area (Å²) in [6, 6.07) is 11.5. The van der Waals surface area contributed by atoms with Crippen LogP contribution in [-0.4, -0.2) is 34.2 Å². The highest BCUT2D eigenvalue weighted by molar-refractivity contribution is 5.92. The first-order valence-electron chi connectivity index (χ1n) is 10.5. The molecule has 0 radical (unpaired) electrons. The van der Waals surface area contributed by atoms with Crippen LogP contribution in [0.3, 0.4) is 0 Å². The predicted octanol–water partition coefficient (Wildman–Crippen LogP) is 5.73. The molecule has 6 nitrogen and oxygen atoms in total. The molecule has 2 amide bonds. The first-order valence-corrected chi connectivity index (χ1v) is 10.5. The summed E-state index contributed by atoms with van der Waals surface area (Å²) in [5.41, 5.74) is 2.15. The highest BCUT2D eigenvalue weighted by Crippen LogP contribution is 2.27. The van der Waals surface area contributed by atoms with E-state index in [2.05, 4.69) is 10.2 Å². The van der Waals surface area contributed by atoms with Gasteiger partial charge in [0, 0.05) is 29.9 Å². The van der Waals surface area contributed by atoms with Crippen LogP contribution >= 0.6 is 0 Å². The zero-order valence-electron chi connectivity index (χ0n) is 17.6. The number of aromatic nitrogens is 2. The van der Waals surface area contributed by atoms with Gasteiger partial charge in [0.05, 0.1) is 6.54 Å². The van der Waals surface area contributed by atoms with Crippen molar-refractivity contribution < 1.29 is 22.4 Å². The fourth-order valence-electron chi connectivity index (χ4n) is 3.74. The van der Waals surface area contributed by atoms with E-state index in [4.69, 9.17) is 4.42 Å². The molecule has 32 heavy (non-hydrogen) atoms. The predicted molar refractivity (Wildman–Crippen MR) is 113 cm³/mol. The highest BCUT2D eigenvalue weighted by Gasteiger charge is 2.25. The lowest BCUT2D eigenvalue weighted by molar-refractivity contribution is 0.116. The van der Waals surface area contributed by atoms with Crippen LogP contribution in [0, 0.1) is 12.7 Å². The van der Waals surface area contributed by atoms with Crippen molar-refractivity contribution in [3.05, 3.63) is 65.3 Å². The fraction of sp³-hybridized carbons (Fsp3) is 0.348. The Bertz CT molecular complexity index is 1100. The maximum absolute atomic E-state index is 15.0. The second-order valence-corrected chi connectivity index (χ2v) is 7.81. The molecule has 0 atom stereocenters. The summed E-state index contributed by atoms with van der Waals surface area (Å²) in [4.78, 5) is 16.7. The SMILES string of the molecule is Cc1cccc(N(Cc2ccc(-c3nnc(C(F)F)o3)cc2F)C(=O)N2CCCCC2)c1. The Morgan fingerprint density at radius 1 is 1.12 bits per heavy atom. The van der Waals surface area contributed by atoms with E-state index in [-0.39, 0.29) is 29.6 Å². The van der Waals surface area contributed by atoms with Gasteiger partial charge < -0.3 is 9.32 Å². The van der Waals surface area contributed by atoms with E-state index in [0.29, 0.717) is 18.8 Å². The number of benzene rings is 2.